The monoisotopic (exact) mass is 242 g/mol. The quantitative estimate of drug-likeness (QED) is 0.821. The molecule has 0 aliphatic carbocycles. The van der Waals surface area contributed by atoms with Crippen molar-refractivity contribution in [1.29, 1.82) is 0 Å². The Hall–Kier alpha value is -0.430. The van der Waals surface area contributed by atoms with Crippen LogP contribution in [0.1, 0.15) is 5.69 Å². The van der Waals surface area contributed by atoms with Gasteiger partial charge in [0, 0.05) is 17.7 Å². The standard InChI is InChI=1S/C7H9F3N2S2/c1-5-4-13-6(12-5)11-2-3-14-7(8,9)10/h4H,2-3H2,1H3,(H,11,12). The lowest BCUT2D eigenvalue weighted by Gasteiger charge is -2.05. The maximum absolute atomic E-state index is 11.7. The summed E-state index contributed by atoms with van der Waals surface area (Å²) in [4.78, 5) is 4.06. The van der Waals surface area contributed by atoms with E-state index in [2.05, 4.69) is 10.3 Å². The predicted octanol–water partition coefficient (Wildman–Crippen LogP) is 3.12. The average Bonchev–Trinajstić information content (AvgIpc) is 2.44. The second-order valence-electron chi connectivity index (χ2n) is 2.52. The van der Waals surface area contributed by atoms with Crippen LogP contribution in [0.4, 0.5) is 18.3 Å². The largest absolute Gasteiger partial charge is 0.441 e. The van der Waals surface area contributed by atoms with Gasteiger partial charge < -0.3 is 5.32 Å². The number of halogens is 3. The summed E-state index contributed by atoms with van der Waals surface area (Å²) in [6.45, 7) is 2.11. The Labute approximate surface area is 87.9 Å². The van der Waals surface area contributed by atoms with E-state index in [1.165, 1.54) is 11.3 Å². The summed E-state index contributed by atoms with van der Waals surface area (Å²) in [5.41, 5.74) is -3.26. The van der Waals surface area contributed by atoms with Crippen LogP contribution < -0.4 is 5.32 Å². The van der Waals surface area contributed by atoms with Crippen LogP contribution in [0.3, 0.4) is 0 Å². The highest BCUT2D eigenvalue weighted by Gasteiger charge is 2.27. The van der Waals surface area contributed by atoms with Crippen molar-refractivity contribution in [3.05, 3.63) is 11.1 Å². The highest BCUT2D eigenvalue weighted by Crippen LogP contribution is 2.29. The fourth-order valence-corrected chi connectivity index (χ4v) is 1.91. The average molecular weight is 242 g/mol. The second kappa shape index (κ2) is 4.88. The summed E-state index contributed by atoms with van der Waals surface area (Å²) in [5.74, 6) is 0.00211. The molecule has 1 rings (SSSR count). The van der Waals surface area contributed by atoms with Crippen LogP contribution in [0.25, 0.3) is 0 Å². The van der Waals surface area contributed by atoms with Crippen molar-refractivity contribution in [3.8, 4) is 0 Å². The number of aryl methyl sites for hydroxylation is 1. The SMILES string of the molecule is Cc1csc(NCCSC(F)(F)F)n1. The Kier molecular flexibility index (Phi) is 4.06. The lowest BCUT2D eigenvalue weighted by atomic mass is 10.6. The van der Waals surface area contributed by atoms with Crippen molar-refractivity contribution < 1.29 is 13.2 Å². The van der Waals surface area contributed by atoms with Gasteiger partial charge in [-0.15, -0.1) is 11.3 Å². The maximum Gasteiger partial charge on any atom is 0.441 e. The Balaban J connectivity index is 2.16. The summed E-state index contributed by atoms with van der Waals surface area (Å²) in [6, 6.07) is 0. The van der Waals surface area contributed by atoms with E-state index in [-0.39, 0.29) is 24.1 Å². The highest BCUT2D eigenvalue weighted by atomic mass is 32.2. The molecule has 0 radical (unpaired) electrons. The number of aromatic nitrogens is 1. The van der Waals surface area contributed by atoms with Crippen LogP contribution in [-0.4, -0.2) is 22.8 Å². The van der Waals surface area contributed by atoms with E-state index in [1.54, 1.807) is 0 Å². The number of alkyl halides is 3. The smallest absolute Gasteiger partial charge is 0.361 e. The van der Waals surface area contributed by atoms with Crippen LogP contribution in [0, 0.1) is 6.92 Å². The molecule has 0 aliphatic rings. The van der Waals surface area contributed by atoms with Gasteiger partial charge in [0.25, 0.3) is 0 Å². The molecule has 14 heavy (non-hydrogen) atoms. The summed E-state index contributed by atoms with van der Waals surface area (Å²) < 4.78 is 35.1. The molecule has 0 atom stereocenters. The van der Waals surface area contributed by atoms with Crippen LogP contribution in [0.2, 0.25) is 0 Å². The number of thiazole rings is 1. The molecule has 1 N–H and O–H groups in total. The maximum atomic E-state index is 11.7. The van der Waals surface area contributed by atoms with E-state index in [0.717, 1.165) is 5.69 Å². The zero-order chi connectivity index (χ0) is 10.6. The van der Waals surface area contributed by atoms with E-state index in [9.17, 15) is 13.2 Å². The van der Waals surface area contributed by atoms with Crippen LogP contribution >= 0.6 is 23.1 Å². The molecule has 1 aromatic heterocycles. The Morgan fingerprint density at radius 1 is 1.57 bits per heavy atom. The van der Waals surface area contributed by atoms with E-state index in [0.29, 0.717) is 5.13 Å². The molecule has 2 nitrogen and oxygen atoms in total. The first kappa shape index (κ1) is 11.6. The molecule has 0 unspecified atom stereocenters. The van der Waals surface area contributed by atoms with Crippen molar-refractivity contribution in [1.82, 2.24) is 4.98 Å². The molecule has 7 heteroatoms. The first-order valence-electron chi connectivity index (χ1n) is 3.84. The van der Waals surface area contributed by atoms with Gasteiger partial charge in [0.05, 0.1) is 5.69 Å². The molecule has 0 aromatic carbocycles. The summed E-state index contributed by atoms with van der Waals surface area (Å²) in [7, 11) is 0. The third kappa shape index (κ3) is 4.71. The topological polar surface area (TPSA) is 24.9 Å². The van der Waals surface area contributed by atoms with Gasteiger partial charge in [-0.1, -0.05) is 0 Å². The van der Waals surface area contributed by atoms with E-state index < -0.39 is 5.51 Å². The van der Waals surface area contributed by atoms with Gasteiger partial charge in [0.2, 0.25) is 0 Å². The number of nitrogens with zero attached hydrogens (tertiary/aromatic N) is 1. The number of anilines is 1. The van der Waals surface area contributed by atoms with Crippen molar-refractivity contribution in [2.45, 2.75) is 12.4 Å². The molecule has 0 fully saturated rings. The minimum atomic E-state index is -4.14. The normalized spacial score (nSPS) is 11.7. The van der Waals surface area contributed by atoms with Gasteiger partial charge in [-0.3, -0.25) is 0 Å². The van der Waals surface area contributed by atoms with Gasteiger partial charge in [-0.2, -0.15) is 13.2 Å². The number of nitrogens with one attached hydrogen (secondary N) is 1. The van der Waals surface area contributed by atoms with Crippen molar-refractivity contribution in [2.24, 2.45) is 0 Å². The lowest BCUT2D eigenvalue weighted by molar-refractivity contribution is -0.0327. The van der Waals surface area contributed by atoms with Crippen molar-refractivity contribution in [3.63, 3.8) is 0 Å². The third-order valence-corrected chi connectivity index (χ3v) is 2.92. The van der Waals surface area contributed by atoms with Crippen LogP contribution in [0.15, 0.2) is 5.38 Å². The van der Waals surface area contributed by atoms with Gasteiger partial charge in [0.1, 0.15) is 0 Å². The summed E-state index contributed by atoms with van der Waals surface area (Å²) in [5, 5.41) is 5.34. The zero-order valence-electron chi connectivity index (χ0n) is 7.39. The zero-order valence-corrected chi connectivity index (χ0v) is 9.02. The molecule has 1 heterocycles. The Bertz CT molecular complexity index is 285. The molecule has 0 saturated carbocycles. The van der Waals surface area contributed by atoms with E-state index in [1.807, 2.05) is 12.3 Å². The highest BCUT2D eigenvalue weighted by molar-refractivity contribution is 8.00. The number of rotatable bonds is 4. The minimum absolute atomic E-state index is 0.00211. The first-order valence-corrected chi connectivity index (χ1v) is 5.70. The number of hydrogen-bond donors (Lipinski definition) is 1. The predicted molar refractivity (Wildman–Crippen MR) is 53.9 cm³/mol. The van der Waals surface area contributed by atoms with Gasteiger partial charge in [-0.05, 0) is 18.7 Å². The van der Waals surface area contributed by atoms with Crippen LogP contribution in [-0.2, 0) is 0 Å². The molecule has 0 bridgehead atoms. The second-order valence-corrected chi connectivity index (χ2v) is 4.53. The molecule has 0 amide bonds. The number of hydrogen-bond acceptors (Lipinski definition) is 4. The lowest BCUT2D eigenvalue weighted by Crippen LogP contribution is -2.09. The molecular formula is C7H9F3N2S2. The number of thioether (sulfide) groups is 1. The van der Waals surface area contributed by atoms with Gasteiger partial charge in [-0.25, -0.2) is 4.98 Å². The third-order valence-electron chi connectivity index (χ3n) is 1.26. The van der Waals surface area contributed by atoms with Crippen molar-refractivity contribution in [2.75, 3.05) is 17.6 Å². The van der Waals surface area contributed by atoms with E-state index in [4.69, 9.17) is 0 Å². The molecular weight excluding hydrogens is 233 g/mol. The molecule has 0 aliphatic heterocycles. The van der Waals surface area contributed by atoms with Gasteiger partial charge in [0.15, 0.2) is 5.13 Å². The summed E-state index contributed by atoms with van der Waals surface area (Å²) >= 11 is 1.37. The molecule has 0 saturated heterocycles. The Morgan fingerprint density at radius 2 is 2.29 bits per heavy atom. The molecule has 1 aromatic rings. The minimum Gasteiger partial charge on any atom is -0.361 e. The van der Waals surface area contributed by atoms with Gasteiger partial charge >= 0.3 is 5.51 Å². The summed E-state index contributed by atoms with van der Waals surface area (Å²) in [6.07, 6.45) is 0. The van der Waals surface area contributed by atoms with E-state index >= 15 is 0 Å². The van der Waals surface area contributed by atoms with Crippen LogP contribution in [0.5, 0.6) is 0 Å². The fourth-order valence-electron chi connectivity index (χ4n) is 0.760. The van der Waals surface area contributed by atoms with Crippen molar-refractivity contribution >= 4 is 28.2 Å². The molecule has 80 valence electrons. The fraction of sp³-hybridized carbons (Fsp3) is 0.571. The Morgan fingerprint density at radius 3 is 2.79 bits per heavy atom. The first-order chi connectivity index (χ1) is 6.47. The molecule has 0 spiro atoms.